The molecule has 0 saturated carbocycles. The fourth-order valence-corrected chi connectivity index (χ4v) is 2.14. The monoisotopic (exact) mass is 242 g/mol. The summed E-state index contributed by atoms with van der Waals surface area (Å²) in [5.74, 6) is 0.187. The van der Waals surface area contributed by atoms with Gasteiger partial charge in [-0.2, -0.15) is 0 Å². The van der Waals surface area contributed by atoms with Gasteiger partial charge in [0.2, 0.25) is 5.91 Å². The van der Waals surface area contributed by atoms with Gasteiger partial charge >= 0.3 is 0 Å². The van der Waals surface area contributed by atoms with Crippen LogP contribution in [0.1, 0.15) is 46.9 Å². The van der Waals surface area contributed by atoms with Crippen molar-refractivity contribution in [3.63, 3.8) is 0 Å². The lowest BCUT2D eigenvalue weighted by Crippen LogP contribution is -2.03. The third-order valence-electron chi connectivity index (χ3n) is 3.52. The van der Waals surface area contributed by atoms with Crippen LogP contribution in [0.3, 0.4) is 0 Å². The second-order valence-electron chi connectivity index (χ2n) is 4.74. The molecule has 2 aromatic rings. The van der Waals surface area contributed by atoms with Crippen LogP contribution in [-0.2, 0) is 0 Å². The molecule has 0 radical (unpaired) electrons. The molecule has 3 nitrogen and oxygen atoms in total. The quantitative estimate of drug-likeness (QED) is 0.809. The van der Waals surface area contributed by atoms with Gasteiger partial charge in [-0.1, -0.05) is 25.1 Å². The molecule has 1 aromatic carbocycles. The van der Waals surface area contributed by atoms with E-state index in [1.54, 1.807) is 6.33 Å². The number of hydrogen-bond acceptors (Lipinski definition) is 2. The van der Waals surface area contributed by atoms with Crippen molar-refractivity contribution in [1.82, 2.24) is 9.55 Å². The highest BCUT2D eigenvalue weighted by Crippen LogP contribution is 2.26. The number of rotatable bonds is 2. The van der Waals surface area contributed by atoms with E-state index < -0.39 is 0 Å². The number of carbonyl (C=O) groups is 1. The summed E-state index contributed by atoms with van der Waals surface area (Å²) in [5.41, 5.74) is 4.77. The molecular formula is C15H18N2O. The Balaban J connectivity index is 2.38. The molecule has 0 unspecified atom stereocenters. The Kier molecular flexibility index (Phi) is 3.32. The van der Waals surface area contributed by atoms with Gasteiger partial charge in [-0.3, -0.25) is 9.36 Å². The molecule has 0 saturated heterocycles. The predicted molar refractivity (Wildman–Crippen MR) is 72.0 cm³/mol. The second kappa shape index (κ2) is 4.77. The standard InChI is InChI=1S/C15H18N2O/c1-10-6-5-7-14(11(10)2)12(3)15-8-17(9-16-15)13(4)18/h5-9,12H,1-4H3/t12-/m0/s1. The lowest BCUT2D eigenvalue weighted by Gasteiger charge is -2.14. The molecule has 0 aliphatic rings. The van der Waals surface area contributed by atoms with Crippen LogP contribution in [0.5, 0.6) is 0 Å². The van der Waals surface area contributed by atoms with Crippen molar-refractivity contribution in [2.45, 2.75) is 33.6 Å². The van der Waals surface area contributed by atoms with E-state index in [4.69, 9.17) is 0 Å². The van der Waals surface area contributed by atoms with E-state index in [0.29, 0.717) is 0 Å². The average molecular weight is 242 g/mol. The molecule has 0 bridgehead atoms. The Morgan fingerprint density at radius 2 is 2.06 bits per heavy atom. The van der Waals surface area contributed by atoms with Crippen molar-refractivity contribution in [3.05, 3.63) is 53.1 Å². The van der Waals surface area contributed by atoms with E-state index in [9.17, 15) is 4.79 Å². The summed E-state index contributed by atoms with van der Waals surface area (Å²) in [4.78, 5) is 15.6. The zero-order valence-electron chi connectivity index (χ0n) is 11.3. The third-order valence-corrected chi connectivity index (χ3v) is 3.52. The molecule has 18 heavy (non-hydrogen) atoms. The smallest absolute Gasteiger partial charge is 0.228 e. The van der Waals surface area contributed by atoms with Crippen molar-refractivity contribution in [2.75, 3.05) is 0 Å². The normalized spacial score (nSPS) is 12.4. The molecule has 0 aliphatic carbocycles. The Bertz CT molecular complexity index is 584. The minimum Gasteiger partial charge on any atom is -0.276 e. The lowest BCUT2D eigenvalue weighted by atomic mass is 9.92. The topological polar surface area (TPSA) is 34.9 Å². The Labute approximate surface area is 107 Å². The van der Waals surface area contributed by atoms with E-state index in [-0.39, 0.29) is 11.8 Å². The number of carbonyl (C=O) groups excluding carboxylic acids is 1. The first-order valence-electron chi connectivity index (χ1n) is 6.11. The van der Waals surface area contributed by atoms with Gasteiger partial charge in [0.15, 0.2) is 0 Å². The first-order chi connectivity index (χ1) is 8.50. The van der Waals surface area contributed by atoms with Crippen molar-refractivity contribution in [2.24, 2.45) is 0 Å². The van der Waals surface area contributed by atoms with Crippen LogP contribution in [0.4, 0.5) is 0 Å². The van der Waals surface area contributed by atoms with Crippen LogP contribution in [0.15, 0.2) is 30.7 Å². The number of benzene rings is 1. The zero-order valence-corrected chi connectivity index (χ0v) is 11.3. The van der Waals surface area contributed by atoms with E-state index in [2.05, 4.69) is 44.0 Å². The van der Waals surface area contributed by atoms with Crippen LogP contribution in [-0.4, -0.2) is 15.5 Å². The molecule has 1 atom stereocenters. The molecular weight excluding hydrogens is 224 g/mol. The number of imidazole rings is 1. The first-order valence-corrected chi connectivity index (χ1v) is 6.11. The van der Waals surface area contributed by atoms with Crippen molar-refractivity contribution in [3.8, 4) is 0 Å². The van der Waals surface area contributed by atoms with E-state index >= 15 is 0 Å². The molecule has 0 aliphatic heterocycles. The van der Waals surface area contributed by atoms with Gasteiger partial charge in [-0.25, -0.2) is 4.98 Å². The summed E-state index contributed by atoms with van der Waals surface area (Å²) in [6, 6.07) is 6.30. The van der Waals surface area contributed by atoms with E-state index in [1.807, 2.05) is 6.20 Å². The number of nitrogens with zero attached hydrogens (tertiary/aromatic N) is 2. The zero-order chi connectivity index (χ0) is 13.3. The molecule has 0 fully saturated rings. The Hall–Kier alpha value is -1.90. The summed E-state index contributed by atoms with van der Waals surface area (Å²) in [6.45, 7) is 7.89. The maximum Gasteiger partial charge on any atom is 0.228 e. The Morgan fingerprint density at radius 3 is 2.67 bits per heavy atom. The second-order valence-corrected chi connectivity index (χ2v) is 4.74. The highest BCUT2D eigenvalue weighted by Gasteiger charge is 2.15. The van der Waals surface area contributed by atoms with Crippen molar-refractivity contribution in [1.29, 1.82) is 0 Å². The summed E-state index contributed by atoms with van der Waals surface area (Å²) in [6.07, 6.45) is 3.40. The molecule has 1 heterocycles. The Morgan fingerprint density at radius 1 is 1.33 bits per heavy atom. The van der Waals surface area contributed by atoms with Crippen molar-refractivity contribution < 1.29 is 4.79 Å². The fraction of sp³-hybridized carbons (Fsp3) is 0.333. The van der Waals surface area contributed by atoms with E-state index in [1.165, 1.54) is 28.2 Å². The molecule has 0 amide bonds. The fourth-order valence-electron chi connectivity index (χ4n) is 2.14. The predicted octanol–water partition coefficient (Wildman–Crippen LogP) is 3.31. The first kappa shape index (κ1) is 12.6. The number of aromatic nitrogens is 2. The third kappa shape index (κ3) is 2.21. The summed E-state index contributed by atoms with van der Waals surface area (Å²) in [5, 5.41) is 0. The highest BCUT2D eigenvalue weighted by atomic mass is 16.1. The molecule has 3 heteroatoms. The molecule has 0 spiro atoms. The number of aryl methyl sites for hydroxylation is 1. The summed E-state index contributed by atoms with van der Waals surface area (Å²) >= 11 is 0. The highest BCUT2D eigenvalue weighted by molar-refractivity contribution is 5.75. The van der Waals surface area contributed by atoms with Gasteiger partial charge in [-0.15, -0.1) is 0 Å². The maximum atomic E-state index is 11.3. The molecule has 1 aromatic heterocycles. The van der Waals surface area contributed by atoms with Gasteiger partial charge in [0.05, 0.1) is 5.69 Å². The van der Waals surface area contributed by atoms with E-state index in [0.717, 1.165) is 5.69 Å². The van der Waals surface area contributed by atoms with Crippen LogP contribution in [0.2, 0.25) is 0 Å². The summed E-state index contributed by atoms with van der Waals surface area (Å²) in [7, 11) is 0. The SMILES string of the molecule is CC(=O)n1cnc([C@@H](C)c2cccc(C)c2C)c1. The number of hydrogen-bond donors (Lipinski definition) is 0. The van der Waals surface area contributed by atoms with Gasteiger partial charge in [0, 0.05) is 19.0 Å². The minimum absolute atomic E-state index is 0.0121. The minimum atomic E-state index is -0.0121. The van der Waals surface area contributed by atoms with Gasteiger partial charge < -0.3 is 0 Å². The van der Waals surface area contributed by atoms with Crippen LogP contribution < -0.4 is 0 Å². The van der Waals surface area contributed by atoms with Crippen LogP contribution >= 0.6 is 0 Å². The van der Waals surface area contributed by atoms with Crippen molar-refractivity contribution >= 4 is 5.91 Å². The van der Waals surface area contributed by atoms with Crippen LogP contribution in [0, 0.1) is 13.8 Å². The summed E-state index contributed by atoms with van der Waals surface area (Å²) < 4.78 is 1.52. The average Bonchev–Trinajstić information content (AvgIpc) is 2.81. The van der Waals surface area contributed by atoms with Gasteiger partial charge in [-0.05, 0) is 30.5 Å². The molecule has 0 N–H and O–H groups in total. The van der Waals surface area contributed by atoms with Gasteiger partial charge in [0.1, 0.15) is 6.33 Å². The molecule has 2 rings (SSSR count). The maximum absolute atomic E-state index is 11.3. The lowest BCUT2D eigenvalue weighted by molar-refractivity contribution is 0.0936. The van der Waals surface area contributed by atoms with Crippen LogP contribution in [0.25, 0.3) is 0 Å². The largest absolute Gasteiger partial charge is 0.276 e. The molecule has 94 valence electrons. The van der Waals surface area contributed by atoms with Gasteiger partial charge in [0.25, 0.3) is 0 Å².